The quantitative estimate of drug-likeness (QED) is 0.856. The fourth-order valence-corrected chi connectivity index (χ4v) is 2.70. The highest BCUT2D eigenvalue weighted by Gasteiger charge is 2.63. The van der Waals surface area contributed by atoms with E-state index in [9.17, 15) is 8.78 Å². The van der Waals surface area contributed by atoms with Crippen molar-refractivity contribution in [2.24, 2.45) is 11.8 Å². The van der Waals surface area contributed by atoms with Gasteiger partial charge in [0, 0.05) is 25.1 Å². The Bertz CT molecular complexity index is 464. The van der Waals surface area contributed by atoms with Gasteiger partial charge in [-0.25, -0.2) is 13.8 Å². The Balaban J connectivity index is 1.62. The van der Waals surface area contributed by atoms with Crippen LogP contribution in [0.5, 0.6) is 0 Å². The maximum atomic E-state index is 13.0. The van der Waals surface area contributed by atoms with E-state index in [4.69, 9.17) is 5.26 Å². The number of hydrogen-bond acceptors (Lipinski definition) is 3. The van der Waals surface area contributed by atoms with Crippen LogP contribution in [0.3, 0.4) is 0 Å². The molecule has 1 heterocycles. The molecule has 1 aromatic heterocycles. The van der Waals surface area contributed by atoms with Crippen molar-refractivity contribution in [2.75, 3.05) is 5.32 Å². The summed E-state index contributed by atoms with van der Waals surface area (Å²) in [5.41, 5.74) is 0.498. The van der Waals surface area contributed by atoms with Gasteiger partial charge in [-0.15, -0.1) is 0 Å². The number of aromatic nitrogens is 1. The molecule has 2 fully saturated rings. The lowest BCUT2D eigenvalue weighted by atomic mass is 10.1. The molecule has 3 nitrogen and oxygen atoms in total. The van der Waals surface area contributed by atoms with Gasteiger partial charge in [0.05, 0.1) is 5.56 Å². The molecule has 0 aromatic carbocycles. The highest BCUT2D eigenvalue weighted by atomic mass is 19.3. The van der Waals surface area contributed by atoms with Crippen molar-refractivity contribution >= 4 is 5.82 Å². The minimum Gasteiger partial charge on any atom is -0.367 e. The van der Waals surface area contributed by atoms with Gasteiger partial charge in [-0.3, -0.25) is 0 Å². The summed E-state index contributed by atoms with van der Waals surface area (Å²) in [7, 11) is 0. The average Bonchev–Trinajstić information content (AvgIpc) is 2.77. The summed E-state index contributed by atoms with van der Waals surface area (Å²) in [6.45, 7) is 0. The van der Waals surface area contributed by atoms with E-state index in [1.165, 1.54) is 6.20 Å². The van der Waals surface area contributed by atoms with E-state index >= 15 is 0 Å². The smallest absolute Gasteiger partial charge is 0.248 e. The van der Waals surface area contributed by atoms with Crippen LogP contribution in [0.15, 0.2) is 18.3 Å². The summed E-state index contributed by atoms with van der Waals surface area (Å²) in [5.74, 6) is -1.64. The minimum atomic E-state index is -2.47. The highest BCUT2D eigenvalue weighted by molar-refractivity contribution is 5.42. The number of nitrogens with zero attached hydrogens (tertiary/aromatic N) is 2. The molecule has 0 radical (unpaired) electrons. The Labute approximate surface area is 97.5 Å². The fraction of sp³-hybridized carbons (Fsp3) is 0.500. The predicted octanol–water partition coefficient (Wildman–Crippen LogP) is 2.41. The molecule has 5 heteroatoms. The van der Waals surface area contributed by atoms with Gasteiger partial charge >= 0.3 is 0 Å². The topological polar surface area (TPSA) is 48.7 Å². The van der Waals surface area contributed by atoms with E-state index in [1.54, 1.807) is 12.1 Å². The molecule has 1 aromatic rings. The third kappa shape index (κ3) is 1.84. The van der Waals surface area contributed by atoms with Crippen LogP contribution < -0.4 is 5.32 Å². The van der Waals surface area contributed by atoms with E-state index < -0.39 is 5.92 Å². The molecule has 0 spiro atoms. The van der Waals surface area contributed by atoms with Gasteiger partial charge in [0.25, 0.3) is 0 Å². The molecule has 2 saturated carbocycles. The second-order valence-electron chi connectivity index (χ2n) is 4.81. The van der Waals surface area contributed by atoms with Crippen molar-refractivity contribution < 1.29 is 8.78 Å². The first-order chi connectivity index (χ1) is 8.09. The van der Waals surface area contributed by atoms with Crippen molar-refractivity contribution in [3.63, 3.8) is 0 Å². The van der Waals surface area contributed by atoms with E-state index in [0.717, 1.165) is 0 Å². The minimum absolute atomic E-state index is 0.00832. The fourth-order valence-electron chi connectivity index (χ4n) is 2.70. The van der Waals surface area contributed by atoms with Crippen LogP contribution in [0.1, 0.15) is 18.4 Å². The number of nitrogens with one attached hydrogen (secondary N) is 1. The van der Waals surface area contributed by atoms with Crippen molar-refractivity contribution in [2.45, 2.75) is 24.8 Å². The van der Waals surface area contributed by atoms with Crippen LogP contribution in [0.4, 0.5) is 14.6 Å². The summed E-state index contributed by atoms with van der Waals surface area (Å²) in [6.07, 6.45) is 1.46. The summed E-state index contributed by atoms with van der Waals surface area (Å²) in [6, 6.07) is 5.50. The standard InChI is InChI=1S/C12H11F2N3/c13-12(14)3-8-9(4-12)11(8)17-10-2-1-7(5-15)6-16-10/h1-2,6,8-9,11H,3-4H2,(H,16,17)/t8-,9+,11+. The van der Waals surface area contributed by atoms with Crippen LogP contribution in [0.2, 0.25) is 0 Å². The number of pyridine rings is 1. The van der Waals surface area contributed by atoms with Crippen LogP contribution in [0, 0.1) is 23.2 Å². The normalized spacial score (nSPS) is 32.6. The van der Waals surface area contributed by atoms with Crippen molar-refractivity contribution in [3.05, 3.63) is 23.9 Å². The van der Waals surface area contributed by atoms with Crippen molar-refractivity contribution in [3.8, 4) is 6.07 Å². The Morgan fingerprint density at radius 3 is 2.59 bits per heavy atom. The zero-order chi connectivity index (χ0) is 12.0. The molecule has 3 rings (SSSR count). The summed E-state index contributed by atoms with van der Waals surface area (Å²) >= 11 is 0. The lowest BCUT2D eigenvalue weighted by molar-refractivity contribution is -0.00447. The Morgan fingerprint density at radius 1 is 1.35 bits per heavy atom. The maximum Gasteiger partial charge on any atom is 0.248 e. The number of fused-ring (bicyclic) bond motifs is 1. The second-order valence-corrected chi connectivity index (χ2v) is 4.81. The SMILES string of the molecule is N#Cc1ccc(N[C@H]2[C@@H]3CC(F)(F)C[C@@H]32)nc1. The van der Waals surface area contributed by atoms with Crippen LogP contribution in [-0.2, 0) is 0 Å². The van der Waals surface area contributed by atoms with Gasteiger partial charge in [0.1, 0.15) is 11.9 Å². The second kappa shape index (κ2) is 3.39. The van der Waals surface area contributed by atoms with Gasteiger partial charge in [0.2, 0.25) is 5.92 Å². The van der Waals surface area contributed by atoms with Gasteiger partial charge in [-0.1, -0.05) is 0 Å². The molecule has 17 heavy (non-hydrogen) atoms. The molecule has 1 N–H and O–H groups in total. The van der Waals surface area contributed by atoms with Crippen LogP contribution in [-0.4, -0.2) is 16.9 Å². The average molecular weight is 235 g/mol. The monoisotopic (exact) mass is 235 g/mol. The number of hydrogen-bond donors (Lipinski definition) is 1. The van der Waals surface area contributed by atoms with Crippen molar-refractivity contribution in [1.29, 1.82) is 5.26 Å². The Morgan fingerprint density at radius 2 is 2.06 bits per heavy atom. The van der Waals surface area contributed by atoms with E-state index in [-0.39, 0.29) is 30.7 Å². The molecular formula is C12H11F2N3. The molecular weight excluding hydrogens is 224 g/mol. The lowest BCUT2D eigenvalue weighted by Gasteiger charge is -2.14. The molecule has 0 bridgehead atoms. The first-order valence-electron chi connectivity index (χ1n) is 5.60. The van der Waals surface area contributed by atoms with E-state index in [0.29, 0.717) is 11.4 Å². The van der Waals surface area contributed by atoms with Crippen LogP contribution >= 0.6 is 0 Å². The van der Waals surface area contributed by atoms with Crippen LogP contribution in [0.25, 0.3) is 0 Å². The number of rotatable bonds is 2. The maximum absolute atomic E-state index is 13.0. The third-order valence-corrected chi connectivity index (χ3v) is 3.61. The predicted molar refractivity (Wildman–Crippen MR) is 57.5 cm³/mol. The third-order valence-electron chi connectivity index (χ3n) is 3.61. The van der Waals surface area contributed by atoms with E-state index in [2.05, 4.69) is 10.3 Å². The zero-order valence-electron chi connectivity index (χ0n) is 9.03. The number of alkyl halides is 2. The molecule has 2 aliphatic rings. The largest absolute Gasteiger partial charge is 0.367 e. The zero-order valence-corrected chi connectivity index (χ0v) is 9.03. The number of anilines is 1. The first-order valence-corrected chi connectivity index (χ1v) is 5.60. The molecule has 3 atom stereocenters. The number of nitriles is 1. The molecule has 0 amide bonds. The highest BCUT2D eigenvalue weighted by Crippen LogP contribution is 2.58. The summed E-state index contributed by atoms with van der Waals surface area (Å²) < 4.78 is 25.9. The molecule has 0 saturated heterocycles. The van der Waals surface area contributed by atoms with Gasteiger partial charge in [-0.2, -0.15) is 5.26 Å². The Kier molecular flexibility index (Phi) is 2.09. The summed E-state index contributed by atoms with van der Waals surface area (Å²) in [4.78, 5) is 4.07. The lowest BCUT2D eigenvalue weighted by Crippen LogP contribution is -2.20. The van der Waals surface area contributed by atoms with Gasteiger partial charge < -0.3 is 5.32 Å². The Hall–Kier alpha value is -1.70. The molecule has 0 unspecified atom stereocenters. The van der Waals surface area contributed by atoms with Gasteiger partial charge in [-0.05, 0) is 24.0 Å². The molecule has 2 aliphatic carbocycles. The first kappa shape index (κ1) is 10.5. The number of halogens is 2. The molecule has 0 aliphatic heterocycles. The van der Waals surface area contributed by atoms with Gasteiger partial charge in [0.15, 0.2) is 0 Å². The van der Waals surface area contributed by atoms with E-state index in [1.807, 2.05) is 6.07 Å². The van der Waals surface area contributed by atoms with Crippen molar-refractivity contribution in [1.82, 2.24) is 4.98 Å². The molecule has 88 valence electrons. The summed E-state index contributed by atoms with van der Waals surface area (Å²) in [5, 5.41) is 11.8.